The third-order valence-electron chi connectivity index (χ3n) is 4.92. The number of halogens is 1. The van der Waals surface area contributed by atoms with Gasteiger partial charge in [-0.05, 0) is 5.41 Å². The lowest BCUT2D eigenvalue weighted by molar-refractivity contribution is -0.125. The minimum Gasteiger partial charge on any atom is -0.352 e. The number of rotatable bonds is 6. The molecule has 0 unspecified atom stereocenters. The van der Waals surface area contributed by atoms with E-state index < -0.39 is 29.9 Å². The van der Waals surface area contributed by atoms with E-state index in [4.69, 9.17) is 0 Å². The number of hydrogen-bond acceptors (Lipinski definition) is 4. The molecule has 2 aromatic rings. The molecule has 0 radical (unpaired) electrons. The van der Waals surface area contributed by atoms with Crippen LogP contribution in [0.1, 0.15) is 37.0 Å². The summed E-state index contributed by atoms with van der Waals surface area (Å²) in [6, 6.07) is 8.91. The van der Waals surface area contributed by atoms with Gasteiger partial charge in [-0.3, -0.25) is 9.59 Å². The summed E-state index contributed by atoms with van der Waals surface area (Å²) in [6.07, 6.45) is 0. The molecule has 0 spiro atoms. The molecule has 0 fully saturated rings. The Balaban J connectivity index is 1.92. The summed E-state index contributed by atoms with van der Waals surface area (Å²) in [5.74, 6) is -0.0746. The van der Waals surface area contributed by atoms with Gasteiger partial charge in [-0.1, -0.05) is 51.1 Å². The van der Waals surface area contributed by atoms with E-state index in [1.165, 1.54) is 0 Å². The first-order valence-electron chi connectivity index (χ1n) is 9.83. The number of imidazole rings is 1. The van der Waals surface area contributed by atoms with Crippen molar-refractivity contribution in [2.75, 3.05) is 19.8 Å². The summed E-state index contributed by atoms with van der Waals surface area (Å²) in [7, 11) is 0. The molecule has 29 heavy (non-hydrogen) atoms. The first-order chi connectivity index (χ1) is 13.8. The molecule has 0 saturated carbocycles. The van der Waals surface area contributed by atoms with Crippen LogP contribution in [0.15, 0.2) is 30.3 Å². The summed E-state index contributed by atoms with van der Waals surface area (Å²) in [5.41, 5.74) is 1.49. The van der Waals surface area contributed by atoms with E-state index in [0.717, 1.165) is 23.6 Å². The topological polar surface area (TPSA) is 88.1 Å². The van der Waals surface area contributed by atoms with E-state index in [0.29, 0.717) is 18.8 Å². The normalized spacial score (nSPS) is 14.8. The predicted octanol–water partition coefficient (Wildman–Crippen LogP) is 1.88. The van der Waals surface area contributed by atoms with Crippen LogP contribution in [-0.4, -0.2) is 47.2 Å². The largest absolute Gasteiger partial charge is 0.352 e. The Bertz CT molecular complexity index is 873. The minimum absolute atomic E-state index is 0.0801. The van der Waals surface area contributed by atoms with Crippen molar-refractivity contribution >= 4 is 11.8 Å². The summed E-state index contributed by atoms with van der Waals surface area (Å²) in [4.78, 5) is 30.3. The SMILES string of the molecule is CC(C)(C)[C@H](NC(=O)c1nc(-c2ccccc2)n2c1CNCC2)C(=O)NCCF. The van der Waals surface area contributed by atoms with Gasteiger partial charge in [0.25, 0.3) is 5.91 Å². The number of aromatic nitrogens is 2. The second-order valence-electron chi connectivity index (χ2n) is 8.18. The number of hydrogen-bond donors (Lipinski definition) is 3. The van der Waals surface area contributed by atoms with E-state index in [9.17, 15) is 14.0 Å². The molecular weight excluding hydrogens is 373 g/mol. The van der Waals surface area contributed by atoms with E-state index in [1.807, 2.05) is 51.1 Å². The number of carbonyl (C=O) groups excluding carboxylic acids is 2. The standard InChI is InChI=1S/C21H28FN5O2/c1-21(2,3)17(20(29)24-10-9-22)26-19(28)16-15-13-23-11-12-27(15)18(25-16)14-7-5-4-6-8-14/h4-8,17,23H,9-13H2,1-3H3,(H,24,29)(H,26,28)/t17-/m1/s1. The maximum absolute atomic E-state index is 13.1. The van der Waals surface area contributed by atoms with Gasteiger partial charge in [0.1, 0.15) is 18.5 Å². The Kier molecular flexibility index (Phi) is 6.32. The monoisotopic (exact) mass is 401 g/mol. The van der Waals surface area contributed by atoms with Crippen LogP contribution in [0.25, 0.3) is 11.4 Å². The highest BCUT2D eigenvalue weighted by Gasteiger charge is 2.34. The molecule has 0 bridgehead atoms. The molecule has 7 nitrogen and oxygen atoms in total. The molecule has 2 heterocycles. The average molecular weight is 401 g/mol. The maximum Gasteiger partial charge on any atom is 0.272 e. The molecular formula is C21H28FN5O2. The highest BCUT2D eigenvalue weighted by molar-refractivity contribution is 5.98. The zero-order chi connectivity index (χ0) is 21.0. The smallest absolute Gasteiger partial charge is 0.272 e. The van der Waals surface area contributed by atoms with Crippen LogP contribution >= 0.6 is 0 Å². The zero-order valence-electron chi connectivity index (χ0n) is 17.1. The van der Waals surface area contributed by atoms with Crippen molar-refractivity contribution in [3.8, 4) is 11.4 Å². The highest BCUT2D eigenvalue weighted by Crippen LogP contribution is 2.25. The van der Waals surface area contributed by atoms with Crippen LogP contribution in [0.3, 0.4) is 0 Å². The van der Waals surface area contributed by atoms with Crippen molar-refractivity contribution in [2.24, 2.45) is 5.41 Å². The van der Waals surface area contributed by atoms with Crippen LogP contribution in [-0.2, 0) is 17.9 Å². The van der Waals surface area contributed by atoms with Crippen molar-refractivity contribution < 1.29 is 14.0 Å². The Hall–Kier alpha value is -2.74. The van der Waals surface area contributed by atoms with Crippen molar-refractivity contribution in [2.45, 2.75) is 39.9 Å². The lowest BCUT2D eigenvalue weighted by Gasteiger charge is -2.30. The molecule has 2 amide bonds. The predicted molar refractivity (Wildman–Crippen MR) is 109 cm³/mol. The number of benzene rings is 1. The van der Waals surface area contributed by atoms with Gasteiger partial charge in [0, 0.05) is 31.7 Å². The zero-order valence-corrected chi connectivity index (χ0v) is 17.1. The van der Waals surface area contributed by atoms with Crippen molar-refractivity contribution in [3.05, 3.63) is 41.7 Å². The van der Waals surface area contributed by atoms with Crippen LogP contribution in [0.5, 0.6) is 0 Å². The number of fused-ring (bicyclic) bond motifs is 1. The molecule has 1 aliphatic rings. The summed E-state index contributed by atoms with van der Waals surface area (Å²) in [5, 5.41) is 8.62. The number of nitrogens with one attached hydrogen (secondary N) is 3. The van der Waals surface area contributed by atoms with Gasteiger partial charge >= 0.3 is 0 Å². The molecule has 3 N–H and O–H groups in total. The quantitative estimate of drug-likeness (QED) is 0.690. The second kappa shape index (κ2) is 8.73. The number of carbonyl (C=O) groups is 2. The first-order valence-corrected chi connectivity index (χ1v) is 9.83. The fourth-order valence-corrected chi connectivity index (χ4v) is 3.44. The van der Waals surface area contributed by atoms with Gasteiger partial charge in [-0.2, -0.15) is 0 Å². The molecule has 1 atom stereocenters. The highest BCUT2D eigenvalue weighted by atomic mass is 19.1. The molecule has 1 aromatic heterocycles. The van der Waals surface area contributed by atoms with Gasteiger partial charge in [0.2, 0.25) is 5.91 Å². The first kappa shape index (κ1) is 21.0. The summed E-state index contributed by atoms with van der Waals surface area (Å²) in [6.45, 7) is 6.85. The second-order valence-corrected chi connectivity index (χ2v) is 8.18. The maximum atomic E-state index is 13.1. The van der Waals surface area contributed by atoms with Gasteiger partial charge in [0.15, 0.2) is 5.69 Å². The average Bonchev–Trinajstić information content (AvgIpc) is 3.09. The molecule has 3 rings (SSSR count). The number of amides is 2. The fraction of sp³-hybridized carbons (Fsp3) is 0.476. The van der Waals surface area contributed by atoms with Gasteiger partial charge < -0.3 is 20.5 Å². The van der Waals surface area contributed by atoms with Crippen molar-refractivity contribution in [1.82, 2.24) is 25.5 Å². The third kappa shape index (κ3) is 4.64. The van der Waals surface area contributed by atoms with E-state index >= 15 is 0 Å². The van der Waals surface area contributed by atoms with Crippen LogP contribution in [0, 0.1) is 5.41 Å². The molecule has 0 saturated heterocycles. The Morgan fingerprint density at radius 3 is 2.66 bits per heavy atom. The number of alkyl halides is 1. The Morgan fingerprint density at radius 1 is 1.28 bits per heavy atom. The fourth-order valence-electron chi connectivity index (χ4n) is 3.44. The van der Waals surface area contributed by atoms with Gasteiger partial charge in [-0.25, -0.2) is 9.37 Å². The van der Waals surface area contributed by atoms with Crippen molar-refractivity contribution in [1.29, 1.82) is 0 Å². The van der Waals surface area contributed by atoms with Gasteiger partial charge in [-0.15, -0.1) is 0 Å². The van der Waals surface area contributed by atoms with Crippen molar-refractivity contribution in [3.63, 3.8) is 0 Å². The molecule has 0 aliphatic carbocycles. The van der Waals surface area contributed by atoms with Crippen LogP contribution in [0.4, 0.5) is 4.39 Å². The Morgan fingerprint density at radius 2 is 2.00 bits per heavy atom. The van der Waals surface area contributed by atoms with Gasteiger partial charge in [0.05, 0.1) is 5.69 Å². The molecule has 1 aliphatic heterocycles. The Labute approximate surface area is 170 Å². The number of nitrogens with zero attached hydrogens (tertiary/aromatic N) is 2. The van der Waals surface area contributed by atoms with E-state index in [-0.39, 0.29) is 6.54 Å². The van der Waals surface area contributed by atoms with Crippen LogP contribution in [0.2, 0.25) is 0 Å². The van der Waals surface area contributed by atoms with E-state index in [1.54, 1.807) is 0 Å². The molecule has 156 valence electrons. The minimum atomic E-state index is -0.810. The summed E-state index contributed by atoms with van der Waals surface area (Å²) >= 11 is 0. The molecule has 8 heteroatoms. The van der Waals surface area contributed by atoms with E-state index in [2.05, 4.69) is 25.5 Å². The third-order valence-corrected chi connectivity index (χ3v) is 4.92. The lowest BCUT2D eigenvalue weighted by atomic mass is 9.86. The summed E-state index contributed by atoms with van der Waals surface area (Å²) < 4.78 is 14.5. The molecule has 1 aromatic carbocycles. The lowest BCUT2D eigenvalue weighted by Crippen LogP contribution is -2.54. The van der Waals surface area contributed by atoms with Crippen LogP contribution < -0.4 is 16.0 Å².